The summed E-state index contributed by atoms with van der Waals surface area (Å²) >= 11 is 2.46. The number of aryl methyl sites for hydroxylation is 1. The van der Waals surface area contributed by atoms with Gasteiger partial charge in [-0.1, -0.05) is 17.8 Å². The van der Waals surface area contributed by atoms with Crippen LogP contribution in [0.3, 0.4) is 0 Å². The normalized spacial score (nSPS) is 10.9. The van der Waals surface area contributed by atoms with E-state index in [2.05, 4.69) is 15.3 Å². The van der Waals surface area contributed by atoms with E-state index < -0.39 is 5.82 Å². The number of thiophene rings is 1. The minimum absolute atomic E-state index is 0.0210. The number of rotatable bonds is 4. The predicted octanol–water partition coefficient (Wildman–Crippen LogP) is 3.16. The Hall–Kier alpha value is -2.19. The molecule has 0 unspecified atom stereocenters. The molecule has 0 saturated carbocycles. The van der Waals surface area contributed by atoms with Gasteiger partial charge in [0.25, 0.3) is 5.56 Å². The van der Waals surface area contributed by atoms with Gasteiger partial charge in [-0.15, -0.1) is 11.3 Å². The molecule has 3 aromatic rings. The smallest absolute Gasteiger partial charge is 0.260 e. The Labute approximate surface area is 139 Å². The van der Waals surface area contributed by atoms with Gasteiger partial charge in [-0.05, 0) is 36.1 Å². The van der Waals surface area contributed by atoms with Crippen LogP contribution in [0.1, 0.15) is 5.56 Å². The van der Waals surface area contributed by atoms with E-state index in [9.17, 15) is 14.0 Å². The Kier molecular flexibility index (Phi) is 4.44. The first kappa shape index (κ1) is 15.7. The van der Waals surface area contributed by atoms with Gasteiger partial charge in [0.1, 0.15) is 10.6 Å². The maximum absolute atomic E-state index is 13.7. The number of nitrogens with one attached hydrogen (secondary N) is 2. The van der Waals surface area contributed by atoms with Crippen LogP contribution in [0.5, 0.6) is 0 Å². The fourth-order valence-corrected chi connectivity index (χ4v) is 3.44. The van der Waals surface area contributed by atoms with Crippen molar-refractivity contribution in [2.45, 2.75) is 12.1 Å². The molecule has 118 valence electrons. The average molecular weight is 349 g/mol. The molecule has 0 radical (unpaired) electrons. The summed E-state index contributed by atoms with van der Waals surface area (Å²) < 4.78 is 13.7. The van der Waals surface area contributed by atoms with E-state index in [1.165, 1.54) is 23.5 Å². The number of benzene rings is 1. The number of carbonyl (C=O) groups is 1. The molecule has 2 N–H and O–H groups in total. The number of thioether (sulfide) groups is 1. The van der Waals surface area contributed by atoms with Gasteiger partial charge in [-0.2, -0.15) is 0 Å². The van der Waals surface area contributed by atoms with Gasteiger partial charge < -0.3 is 10.3 Å². The molecule has 1 aromatic carbocycles. The van der Waals surface area contributed by atoms with Crippen molar-refractivity contribution in [3.05, 3.63) is 51.4 Å². The predicted molar refractivity (Wildman–Crippen MR) is 90.7 cm³/mol. The van der Waals surface area contributed by atoms with E-state index in [0.717, 1.165) is 17.3 Å². The van der Waals surface area contributed by atoms with Gasteiger partial charge in [0.2, 0.25) is 5.91 Å². The third-order valence-corrected chi connectivity index (χ3v) is 4.73. The summed E-state index contributed by atoms with van der Waals surface area (Å²) in [7, 11) is 0. The highest BCUT2D eigenvalue weighted by atomic mass is 32.2. The number of H-pyrrole nitrogens is 1. The Balaban J connectivity index is 1.67. The second-order valence-corrected chi connectivity index (χ2v) is 6.69. The molecule has 0 saturated heterocycles. The van der Waals surface area contributed by atoms with Gasteiger partial charge in [0, 0.05) is 0 Å². The van der Waals surface area contributed by atoms with Crippen molar-refractivity contribution in [1.82, 2.24) is 9.97 Å². The van der Waals surface area contributed by atoms with Gasteiger partial charge in [-0.25, -0.2) is 9.37 Å². The number of hydrogen-bond acceptors (Lipinski definition) is 5. The lowest BCUT2D eigenvalue weighted by Gasteiger charge is -2.06. The third kappa shape index (κ3) is 3.59. The highest BCUT2D eigenvalue weighted by Crippen LogP contribution is 2.20. The maximum atomic E-state index is 13.7. The quantitative estimate of drug-likeness (QED) is 0.560. The molecule has 0 fully saturated rings. The fourth-order valence-electron chi connectivity index (χ4n) is 1.96. The molecule has 5 nitrogen and oxygen atoms in total. The number of amides is 1. The van der Waals surface area contributed by atoms with Crippen molar-refractivity contribution >= 4 is 44.9 Å². The van der Waals surface area contributed by atoms with Crippen molar-refractivity contribution in [1.29, 1.82) is 0 Å². The van der Waals surface area contributed by atoms with Gasteiger partial charge >= 0.3 is 0 Å². The van der Waals surface area contributed by atoms with Crippen LogP contribution in [0.25, 0.3) is 10.2 Å². The molecule has 3 rings (SSSR count). The van der Waals surface area contributed by atoms with Crippen molar-refractivity contribution < 1.29 is 9.18 Å². The Morgan fingerprint density at radius 1 is 1.43 bits per heavy atom. The summed E-state index contributed by atoms with van der Waals surface area (Å²) in [5, 5.41) is 5.19. The van der Waals surface area contributed by atoms with Crippen molar-refractivity contribution in [2.75, 3.05) is 11.1 Å². The van der Waals surface area contributed by atoms with E-state index in [1.807, 2.05) is 0 Å². The zero-order chi connectivity index (χ0) is 16.4. The van der Waals surface area contributed by atoms with Gasteiger partial charge in [0.05, 0.1) is 16.8 Å². The lowest BCUT2D eigenvalue weighted by Crippen LogP contribution is -2.16. The Morgan fingerprint density at radius 3 is 3.04 bits per heavy atom. The molecule has 0 bridgehead atoms. The van der Waals surface area contributed by atoms with Crippen LogP contribution in [-0.4, -0.2) is 21.6 Å². The van der Waals surface area contributed by atoms with E-state index in [1.54, 1.807) is 24.4 Å². The maximum Gasteiger partial charge on any atom is 0.260 e. The molecule has 23 heavy (non-hydrogen) atoms. The number of aromatic nitrogens is 2. The van der Waals surface area contributed by atoms with Crippen LogP contribution < -0.4 is 10.9 Å². The second-order valence-electron chi connectivity index (χ2n) is 4.83. The van der Waals surface area contributed by atoms with Crippen LogP contribution in [0.4, 0.5) is 10.1 Å². The second kappa shape index (κ2) is 6.51. The van der Waals surface area contributed by atoms with Gasteiger partial charge in [0.15, 0.2) is 5.16 Å². The zero-order valence-electron chi connectivity index (χ0n) is 12.1. The van der Waals surface area contributed by atoms with Crippen LogP contribution in [-0.2, 0) is 4.79 Å². The molecule has 0 aliphatic heterocycles. The Morgan fingerprint density at radius 2 is 2.26 bits per heavy atom. The van der Waals surface area contributed by atoms with Crippen LogP contribution in [0.15, 0.2) is 39.6 Å². The summed E-state index contributed by atoms with van der Waals surface area (Å²) in [4.78, 5) is 31.3. The molecule has 0 atom stereocenters. The van der Waals surface area contributed by atoms with Crippen molar-refractivity contribution in [2.24, 2.45) is 0 Å². The first-order valence-electron chi connectivity index (χ1n) is 6.69. The summed E-state index contributed by atoms with van der Waals surface area (Å²) in [6.45, 7) is 1.77. The number of carbonyl (C=O) groups excluding carboxylic acids is 1. The molecule has 0 aliphatic carbocycles. The average Bonchev–Trinajstić information content (AvgIpc) is 2.97. The first-order chi connectivity index (χ1) is 11.0. The van der Waals surface area contributed by atoms with Crippen LogP contribution >= 0.6 is 23.1 Å². The number of anilines is 1. The van der Waals surface area contributed by atoms with E-state index >= 15 is 0 Å². The minimum atomic E-state index is -0.477. The molecular formula is C15H12FN3O2S2. The van der Waals surface area contributed by atoms with E-state index in [-0.39, 0.29) is 22.9 Å². The topological polar surface area (TPSA) is 74.8 Å². The number of nitrogens with zero attached hydrogens (tertiary/aromatic N) is 1. The monoisotopic (exact) mass is 349 g/mol. The Bertz CT molecular complexity index is 936. The minimum Gasteiger partial charge on any atom is -0.323 e. The molecular weight excluding hydrogens is 337 g/mol. The summed E-state index contributed by atoms with van der Waals surface area (Å²) in [5.41, 5.74) is 0.681. The lowest BCUT2D eigenvalue weighted by atomic mass is 10.2. The lowest BCUT2D eigenvalue weighted by molar-refractivity contribution is -0.113. The van der Waals surface area contributed by atoms with Crippen molar-refractivity contribution in [3.63, 3.8) is 0 Å². The van der Waals surface area contributed by atoms with E-state index in [4.69, 9.17) is 0 Å². The molecule has 2 heterocycles. The zero-order valence-corrected chi connectivity index (χ0v) is 13.7. The number of hydrogen-bond donors (Lipinski definition) is 2. The molecule has 0 spiro atoms. The highest BCUT2D eigenvalue weighted by molar-refractivity contribution is 7.99. The molecule has 8 heteroatoms. The molecule has 1 amide bonds. The fraction of sp³-hybridized carbons (Fsp3) is 0.133. The van der Waals surface area contributed by atoms with Crippen molar-refractivity contribution in [3.8, 4) is 0 Å². The SMILES string of the molecule is Cc1ccc(NC(=O)CSc2nc3sccc3c(=O)[nH]2)c(F)c1. The number of aromatic amines is 1. The largest absolute Gasteiger partial charge is 0.323 e. The number of fused-ring (bicyclic) bond motifs is 1. The first-order valence-corrected chi connectivity index (χ1v) is 8.56. The van der Waals surface area contributed by atoms with Crippen LogP contribution in [0.2, 0.25) is 0 Å². The standard InChI is InChI=1S/C15H12FN3O2S2/c1-8-2-3-11(10(16)6-8)17-12(20)7-23-15-18-13(21)9-4-5-22-14(9)19-15/h2-6H,7H2,1H3,(H,17,20)(H,18,19,21). The van der Waals surface area contributed by atoms with Crippen LogP contribution in [0, 0.1) is 12.7 Å². The summed E-state index contributed by atoms with van der Waals surface area (Å²) in [6.07, 6.45) is 0. The summed E-state index contributed by atoms with van der Waals surface area (Å²) in [6, 6.07) is 6.29. The third-order valence-electron chi connectivity index (χ3n) is 3.05. The van der Waals surface area contributed by atoms with E-state index in [0.29, 0.717) is 15.4 Å². The van der Waals surface area contributed by atoms with Gasteiger partial charge in [-0.3, -0.25) is 9.59 Å². The molecule has 2 aromatic heterocycles. The number of halogens is 1. The highest BCUT2D eigenvalue weighted by Gasteiger charge is 2.10. The molecule has 0 aliphatic rings. The summed E-state index contributed by atoms with van der Waals surface area (Å²) in [5.74, 6) is -0.825.